The lowest BCUT2D eigenvalue weighted by Crippen LogP contribution is -2.25. The van der Waals surface area contributed by atoms with Crippen molar-refractivity contribution >= 4 is 11.7 Å². The average Bonchev–Trinajstić information content (AvgIpc) is 3.10. The number of carbonyl (C=O) groups excluding carboxylic acids is 1. The fourth-order valence-electron chi connectivity index (χ4n) is 2.30. The Balaban J connectivity index is 1.67. The molecule has 0 saturated heterocycles. The minimum Gasteiger partial charge on any atom is -0.426 e. The first kappa shape index (κ1) is 18.6. The normalized spacial score (nSPS) is 11.3. The van der Waals surface area contributed by atoms with Gasteiger partial charge in [-0.2, -0.15) is 4.80 Å². The number of benzene rings is 2. The standard InChI is InChI=1S/C20H23N5O2/c1-20(2,3)19(26)27-17-11-7-15(8-12-17)18-22-24-25(23-18)13-14-5-9-16(21-4)10-6-14/h5-12,21H,13H2,1-4H3. The highest BCUT2D eigenvalue weighted by molar-refractivity contribution is 5.78. The van der Waals surface area contributed by atoms with E-state index in [9.17, 15) is 4.79 Å². The summed E-state index contributed by atoms with van der Waals surface area (Å²) >= 11 is 0. The highest BCUT2D eigenvalue weighted by Gasteiger charge is 2.23. The molecular formula is C20H23N5O2. The van der Waals surface area contributed by atoms with Crippen molar-refractivity contribution < 1.29 is 9.53 Å². The SMILES string of the molecule is CNc1ccc(Cn2nnc(-c3ccc(OC(=O)C(C)(C)C)cc3)n2)cc1. The molecule has 0 aliphatic carbocycles. The molecule has 0 aliphatic rings. The van der Waals surface area contributed by atoms with Gasteiger partial charge in [0, 0.05) is 18.3 Å². The summed E-state index contributed by atoms with van der Waals surface area (Å²) in [5, 5.41) is 15.7. The lowest BCUT2D eigenvalue weighted by atomic mass is 9.97. The van der Waals surface area contributed by atoms with Crippen molar-refractivity contribution in [1.29, 1.82) is 0 Å². The van der Waals surface area contributed by atoms with Gasteiger partial charge in [-0.15, -0.1) is 10.2 Å². The molecule has 0 fully saturated rings. The third-order valence-corrected chi connectivity index (χ3v) is 3.95. The second-order valence-electron chi connectivity index (χ2n) is 7.25. The van der Waals surface area contributed by atoms with E-state index in [-0.39, 0.29) is 5.97 Å². The van der Waals surface area contributed by atoms with E-state index in [0.29, 0.717) is 18.1 Å². The van der Waals surface area contributed by atoms with E-state index in [0.717, 1.165) is 16.8 Å². The summed E-state index contributed by atoms with van der Waals surface area (Å²) in [7, 11) is 1.88. The number of rotatable bonds is 5. The largest absolute Gasteiger partial charge is 0.426 e. The Bertz CT molecular complexity index is 909. The zero-order valence-corrected chi connectivity index (χ0v) is 15.9. The smallest absolute Gasteiger partial charge is 0.316 e. The Morgan fingerprint density at radius 2 is 1.74 bits per heavy atom. The molecule has 0 spiro atoms. The Morgan fingerprint density at radius 3 is 2.33 bits per heavy atom. The monoisotopic (exact) mass is 365 g/mol. The predicted octanol–water partition coefficient (Wildman–Crippen LogP) is 3.38. The number of tetrazole rings is 1. The first-order valence-corrected chi connectivity index (χ1v) is 8.72. The molecular weight excluding hydrogens is 342 g/mol. The maximum absolute atomic E-state index is 11.9. The summed E-state index contributed by atoms with van der Waals surface area (Å²) < 4.78 is 5.37. The van der Waals surface area contributed by atoms with E-state index in [4.69, 9.17) is 4.74 Å². The van der Waals surface area contributed by atoms with Crippen LogP contribution in [0.5, 0.6) is 5.75 Å². The lowest BCUT2D eigenvalue weighted by molar-refractivity contribution is -0.142. The summed E-state index contributed by atoms with van der Waals surface area (Å²) in [5.41, 5.74) is 2.40. The molecule has 0 radical (unpaired) electrons. The van der Waals surface area contributed by atoms with Gasteiger partial charge in [0.05, 0.1) is 12.0 Å². The maximum Gasteiger partial charge on any atom is 0.316 e. The van der Waals surface area contributed by atoms with Gasteiger partial charge in [-0.1, -0.05) is 12.1 Å². The number of aromatic nitrogens is 4. The minimum atomic E-state index is -0.547. The zero-order chi connectivity index (χ0) is 19.4. The quantitative estimate of drug-likeness (QED) is 0.551. The highest BCUT2D eigenvalue weighted by atomic mass is 16.5. The number of hydrogen-bond acceptors (Lipinski definition) is 6. The molecule has 1 heterocycles. The molecule has 27 heavy (non-hydrogen) atoms. The number of anilines is 1. The number of nitrogens with one attached hydrogen (secondary N) is 1. The zero-order valence-electron chi connectivity index (χ0n) is 15.9. The molecule has 0 unspecified atom stereocenters. The van der Waals surface area contributed by atoms with Crippen LogP contribution in [0, 0.1) is 5.41 Å². The van der Waals surface area contributed by atoms with Gasteiger partial charge in [-0.25, -0.2) is 0 Å². The van der Waals surface area contributed by atoms with Crippen LogP contribution in [0.1, 0.15) is 26.3 Å². The van der Waals surface area contributed by atoms with Crippen molar-refractivity contribution in [3.8, 4) is 17.1 Å². The van der Waals surface area contributed by atoms with Crippen molar-refractivity contribution in [2.75, 3.05) is 12.4 Å². The van der Waals surface area contributed by atoms with Crippen LogP contribution in [0.15, 0.2) is 48.5 Å². The molecule has 7 nitrogen and oxygen atoms in total. The van der Waals surface area contributed by atoms with Crippen LogP contribution in [0.4, 0.5) is 5.69 Å². The predicted molar refractivity (Wildman–Crippen MR) is 103 cm³/mol. The summed E-state index contributed by atoms with van der Waals surface area (Å²) in [6.45, 7) is 5.99. The van der Waals surface area contributed by atoms with E-state index in [1.807, 2.05) is 64.2 Å². The van der Waals surface area contributed by atoms with E-state index in [1.165, 1.54) is 0 Å². The number of esters is 1. The minimum absolute atomic E-state index is 0.274. The van der Waals surface area contributed by atoms with Crippen molar-refractivity contribution in [3.63, 3.8) is 0 Å². The number of nitrogens with zero attached hydrogens (tertiary/aromatic N) is 4. The van der Waals surface area contributed by atoms with Gasteiger partial charge in [0.2, 0.25) is 5.82 Å². The second kappa shape index (κ2) is 7.57. The second-order valence-corrected chi connectivity index (χ2v) is 7.25. The lowest BCUT2D eigenvalue weighted by Gasteiger charge is -2.16. The van der Waals surface area contributed by atoms with Gasteiger partial charge in [0.25, 0.3) is 0 Å². The van der Waals surface area contributed by atoms with Crippen LogP contribution in [0.3, 0.4) is 0 Å². The molecule has 140 valence electrons. The molecule has 0 amide bonds. The van der Waals surface area contributed by atoms with Crippen molar-refractivity contribution in [2.24, 2.45) is 5.41 Å². The number of ether oxygens (including phenoxy) is 1. The van der Waals surface area contributed by atoms with Crippen molar-refractivity contribution in [1.82, 2.24) is 20.2 Å². The molecule has 0 aliphatic heterocycles. The van der Waals surface area contributed by atoms with E-state index < -0.39 is 5.41 Å². The molecule has 3 rings (SSSR count). The Kier molecular flexibility index (Phi) is 5.21. The van der Waals surface area contributed by atoms with Gasteiger partial charge >= 0.3 is 5.97 Å². The average molecular weight is 365 g/mol. The first-order chi connectivity index (χ1) is 12.8. The van der Waals surface area contributed by atoms with Crippen LogP contribution < -0.4 is 10.1 Å². The molecule has 0 atom stereocenters. The van der Waals surface area contributed by atoms with Gasteiger partial charge in [-0.3, -0.25) is 4.79 Å². The summed E-state index contributed by atoms with van der Waals surface area (Å²) in [6.07, 6.45) is 0. The molecule has 1 N–H and O–H groups in total. The third-order valence-electron chi connectivity index (χ3n) is 3.95. The van der Waals surface area contributed by atoms with Crippen LogP contribution >= 0.6 is 0 Å². The topological polar surface area (TPSA) is 81.9 Å². The maximum atomic E-state index is 11.9. The van der Waals surface area contributed by atoms with Gasteiger partial charge < -0.3 is 10.1 Å². The summed E-state index contributed by atoms with van der Waals surface area (Å²) in [5.74, 6) is 0.745. The fourth-order valence-corrected chi connectivity index (χ4v) is 2.30. The van der Waals surface area contributed by atoms with Gasteiger partial charge in [0.15, 0.2) is 0 Å². The van der Waals surface area contributed by atoms with Gasteiger partial charge in [-0.05, 0) is 67.9 Å². The first-order valence-electron chi connectivity index (χ1n) is 8.72. The Labute approximate surface area is 158 Å². The van der Waals surface area contributed by atoms with E-state index >= 15 is 0 Å². The van der Waals surface area contributed by atoms with Crippen LogP contribution in [-0.2, 0) is 11.3 Å². The molecule has 0 saturated carbocycles. The van der Waals surface area contributed by atoms with Crippen LogP contribution in [-0.4, -0.2) is 33.2 Å². The van der Waals surface area contributed by atoms with E-state index in [1.54, 1.807) is 16.9 Å². The molecule has 1 aromatic heterocycles. The summed E-state index contributed by atoms with van der Waals surface area (Å²) in [6, 6.07) is 15.1. The van der Waals surface area contributed by atoms with Crippen LogP contribution in [0.25, 0.3) is 11.4 Å². The molecule has 2 aromatic carbocycles. The molecule has 7 heteroatoms. The molecule has 3 aromatic rings. The van der Waals surface area contributed by atoms with Crippen LogP contribution in [0.2, 0.25) is 0 Å². The Hall–Kier alpha value is -3.22. The number of carbonyl (C=O) groups is 1. The number of hydrogen-bond donors (Lipinski definition) is 1. The van der Waals surface area contributed by atoms with Crippen molar-refractivity contribution in [2.45, 2.75) is 27.3 Å². The fraction of sp³-hybridized carbons (Fsp3) is 0.300. The third kappa shape index (κ3) is 4.69. The highest BCUT2D eigenvalue weighted by Crippen LogP contribution is 2.22. The Morgan fingerprint density at radius 1 is 1.07 bits per heavy atom. The van der Waals surface area contributed by atoms with Gasteiger partial charge in [0.1, 0.15) is 5.75 Å². The van der Waals surface area contributed by atoms with Crippen molar-refractivity contribution in [3.05, 3.63) is 54.1 Å². The summed E-state index contributed by atoms with van der Waals surface area (Å²) in [4.78, 5) is 13.5. The van der Waals surface area contributed by atoms with E-state index in [2.05, 4.69) is 20.7 Å². The molecule has 0 bridgehead atoms.